The van der Waals surface area contributed by atoms with Crippen LogP contribution in [0.4, 0.5) is 0 Å². The number of ether oxygens (including phenoxy) is 1. The standard InChI is InChI=1S/C18H16Cl2N4O2.ClH/c19-12-4-3-5-13(15(12)20)25-14-7-6-11(10-22-14)16-23-17(24-26-16)18(21)8-1-2-9-18;/h3-7,10H,1-2,8-9,21H2;1H. The second-order valence-corrected chi connectivity index (χ2v) is 7.11. The van der Waals surface area contributed by atoms with Gasteiger partial charge in [0.2, 0.25) is 5.88 Å². The molecule has 6 nitrogen and oxygen atoms in total. The Morgan fingerprint density at radius 3 is 2.59 bits per heavy atom. The molecule has 3 aromatic rings. The minimum Gasteiger partial charge on any atom is -0.437 e. The van der Waals surface area contributed by atoms with Gasteiger partial charge in [0.1, 0.15) is 10.8 Å². The molecule has 2 aromatic heterocycles. The highest BCUT2D eigenvalue weighted by atomic mass is 35.5. The molecule has 1 fully saturated rings. The molecule has 4 rings (SSSR count). The molecule has 0 unspecified atom stereocenters. The molecule has 0 bridgehead atoms. The Labute approximate surface area is 172 Å². The fourth-order valence-corrected chi connectivity index (χ4v) is 3.35. The average molecular weight is 428 g/mol. The molecule has 1 saturated carbocycles. The van der Waals surface area contributed by atoms with Crippen LogP contribution in [-0.2, 0) is 5.54 Å². The lowest BCUT2D eigenvalue weighted by molar-refractivity contribution is 0.372. The Balaban J connectivity index is 0.00000210. The molecule has 27 heavy (non-hydrogen) atoms. The van der Waals surface area contributed by atoms with E-state index in [0.29, 0.717) is 39.0 Å². The van der Waals surface area contributed by atoms with Crippen LogP contribution < -0.4 is 10.5 Å². The zero-order valence-corrected chi connectivity index (χ0v) is 16.5. The third kappa shape index (κ3) is 4.04. The molecule has 142 valence electrons. The summed E-state index contributed by atoms with van der Waals surface area (Å²) < 4.78 is 11.0. The number of pyridine rings is 1. The van der Waals surface area contributed by atoms with E-state index in [1.807, 2.05) is 0 Å². The van der Waals surface area contributed by atoms with Gasteiger partial charge in [0.15, 0.2) is 5.82 Å². The smallest absolute Gasteiger partial charge is 0.259 e. The van der Waals surface area contributed by atoms with Crippen molar-refractivity contribution in [3.8, 4) is 23.1 Å². The number of nitrogens with two attached hydrogens (primary N) is 1. The summed E-state index contributed by atoms with van der Waals surface area (Å²) in [6.45, 7) is 0. The maximum atomic E-state index is 6.36. The van der Waals surface area contributed by atoms with Gasteiger partial charge in [-0.2, -0.15) is 4.98 Å². The summed E-state index contributed by atoms with van der Waals surface area (Å²) >= 11 is 12.1. The van der Waals surface area contributed by atoms with Crippen molar-refractivity contribution in [1.29, 1.82) is 0 Å². The number of halogens is 3. The van der Waals surface area contributed by atoms with Gasteiger partial charge in [-0.05, 0) is 31.0 Å². The molecule has 1 aliphatic rings. The first-order valence-electron chi connectivity index (χ1n) is 8.26. The summed E-state index contributed by atoms with van der Waals surface area (Å²) in [7, 11) is 0. The Kier molecular flexibility index (Phi) is 5.91. The molecule has 0 aliphatic heterocycles. The number of rotatable bonds is 4. The minimum atomic E-state index is -0.485. The van der Waals surface area contributed by atoms with Gasteiger partial charge in [0, 0.05) is 12.3 Å². The fourth-order valence-electron chi connectivity index (χ4n) is 3.02. The number of hydrogen-bond donors (Lipinski definition) is 1. The molecule has 1 aliphatic carbocycles. The van der Waals surface area contributed by atoms with Crippen LogP contribution in [0.15, 0.2) is 41.1 Å². The minimum absolute atomic E-state index is 0. The summed E-state index contributed by atoms with van der Waals surface area (Å²) in [5, 5.41) is 4.81. The van der Waals surface area contributed by atoms with E-state index in [-0.39, 0.29) is 12.4 Å². The van der Waals surface area contributed by atoms with Crippen LogP contribution in [0, 0.1) is 0 Å². The third-order valence-electron chi connectivity index (χ3n) is 4.48. The molecule has 0 amide bonds. The van der Waals surface area contributed by atoms with Crippen molar-refractivity contribution in [2.45, 2.75) is 31.2 Å². The van der Waals surface area contributed by atoms with E-state index < -0.39 is 5.54 Å². The predicted molar refractivity (Wildman–Crippen MR) is 106 cm³/mol. The SMILES string of the molecule is Cl.NC1(c2noc(-c3ccc(Oc4cccc(Cl)c4Cl)nc3)n2)CCCC1. The highest BCUT2D eigenvalue weighted by Crippen LogP contribution is 2.36. The number of nitrogens with zero attached hydrogens (tertiary/aromatic N) is 3. The zero-order chi connectivity index (χ0) is 18.1. The molecule has 2 N–H and O–H groups in total. The molecule has 0 saturated heterocycles. The van der Waals surface area contributed by atoms with Crippen molar-refractivity contribution in [1.82, 2.24) is 15.1 Å². The van der Waals surface area contributed by atoms with Crippen LogP contribution in [0.2, 0.25) is 10.0 Å². The molecule has 1 aromatic carbocycles. The lowest BCUT2D eigenvalue weighted by Gasteiger charge is -2.17. The number of aromatic nitrogens is 3. The molecule has 0 radical (unpaired) electrons. The molecule has 9 heteroatoms. The molecular formula is C18H17Cl3N4O2. The largest absolute Gasteiger partial charge is 0.437 e. The van der Waals surface area contributed by atoms with E-state index in [1.165, 1.54) is 0 Å². The monoisotopic (exact) mass is 426 g/mol. The van der Waals surface area contributed by atoms with Gasteiger partial charge in [-0.15, -0.1) is 12.4 Å². The van der Waals surface area contributed by atoms with Crippen LogP contribution in [-0.4, -0.2) is 15.1 Å². The van der Waals surface area contributed by atoms with Crippen LogP contribution in [0.1, 0.15) is 31.5 Å². The summed E-state index contributed by atoms with van der Waals surface area (Å²) in [5.41, 5.74) is 6.57. The summed E-state index contributed by atoms with van der Waals surface area (Å²) in [6.07, 6.45) is 5.51. The normalized spacial score (nSPS) is 15.4. The first-order valence-corrected chi connectivity index (χ1v) is 9.02. The van der Waals surface area contributed by atoms with Crippen molar-refractivity contribution >= 4 is 35.6 Å². The van der Waals surface area contributed by atoms with E-state index in [9.17, 15) is 0 Å². The van der Waals surface area contributed by atoms with Gasteiger partial charge in [-0.25, -0.2) is 4.98 Å². The highest BCUT2D eigenvalue weighted by molar-refractivity contribution is 6.42. The Morgan fingerprint density at radius 2 is 1.89 bits per heavy atom. The van der Waals surface area contributed by atoms with Crippen molar-refractivity contribution in [3.05, 3.63) is 52.4 Å². The first-order chi connectivity index (χ1) is 12.5. The highest BCUT2D eigenvalue weighted by Gasteiger charge is 2.36. The van der Waals surface area contributed by atoms with Gasteiger partial charge < -0.3 is 15.0 Å². The van der Waals surface area contributed by atoms with E-state index in [2.05, 4.69) is 15.1 Å². The van der Waals surface area contributed by atoms with Crippen LogP contribution in [0.3, 0.4) is 0 Å². The first kappa shape index (κ1) is 19.9. The molecule has 0 spiro atoms. The maximum Gasteiger partial charge on any atom is 0.259 e. The lowest BCUT2D eigenvalue weighted by atomic mass is 9.99. The second kappa shape index (κ2) is 8.02. The van der Waals surface area contributed by atoms with Crippen LogP contribution in [0.5, 0.6) is 11.6 Å². The summed E-state index contributed by atoms with van der Waals surface area (Å²) in [6, 6.07) is 8.65. The average Bonchev–Trinajstić information content (AvgIpc) is 3.30. The van der Waals surface area contributed by atoms with E-state index in [4.69, 9.17) is 38.2 Å². The van der Waals surface area contributed by atoms with Crippen molar-refractivity contribution < 1.29 is 9.26 Å². The van der Waals surface area contributed by atoms with Crippen LogP contribution in [0.25, 0.3) is 11.5 Å². The van der Waals surface area contributed by atoms with Gasteiger partial charge in [-0.3, -0.25) is 0 Å². The number of hydrogen-bond acceptors (Lipinski definition) is 6. The van der Waals surface area contributed by atoms with Crippen molar-refractivity contribution in [2.24, 2.45) is 5.73 Å². The molecular weight excluding hydrogens is 411 g/mol. The fraction of sp³-hybridized carbons (Fsp3) is 0.278. The Bertz CT molecular complexity index is 925. The van der Waals surface area contributed by atoms with Gasteiger partial charge in [-0.1, -0.05) is 47.3 Å². The maximum absolute atomic E-state index is 6.36. The van der Waals surface area contributed by atoms with Gasteiger partial charge in [0.05, 0.1) is 16.1 Å². The topological polar surface area (TPSA) is 87.1 Å². The summed E-state index contributed by atoms with van der Waals surface area (Å²) in [4.78, 5) is 8.71. The second-order valence-electron chi connectivity index (χ2n) is 6.33. The van der Waals surface area contributed by atoms with E-state index in [0.717, 1.165) is 25.7 Å². The van der Waals surface area contributed by atoms with Crippen LogP contribution >= 0.6 is 35.6 Å². The Hall–Kier alpha value is -1.86. The third-order valence-corrected chi connectivity index (χ3v) is 5.28. The molecule has 0 atom stereocenters. The van der Waals surface area contributed by atoms with Gasteiger partial charge >= 0.3 is 0 Å². The van der Waals surface area contributed by atoms with Gasteiger partial charge in [0.25, 0.3) is 5.89 Å². The van der Waals surface area contributed by atoms with Crippen molar-refractivity contribution in [2.75, 3.05) is 0 Å². The lowest BCUT2D eigenvalue weighted by Crippen LogP contribution is -2.34. The Morgan fingerprint density at radius 1 is 1.11 bits per heavy atom. The zero-order valence-electron chi connectivity index (χ0n) is 14.2. The number of benzene rings is 1. The summed E-state index contributed by atoms with van der Waals surface area (Å²) in [5.74, 6) is 1.75. The van der Waals surface area contributed by atoms with E-state index in [1.54, 1.807) is 36.5 Å². The van der Waals surface area contributed by atoms with Crippen molar-refractivity contribution in [3.63, 3.8) is 0 Å². The molecule has 2 heterocycles. The van der Waals surface area contributed by atoms with E-state index >= 15 is 0 Å². The quantitative estimate of drug-likeness (QED) is 0.601. The predicted octanol–water partition coefficient (Wildman–Crippen LogP) is 5.38.